The van der Waals surface area contributed by atoms with Gasteiger partial charge in [0.1, 0.15) is 5.78 Å². The maximum Gasteiger partial charge on any atom is 0.132 e. The Hall–Kier alpha value is -0.370. The number of carbonyl (C=O) groups is 1. The van der Waals surface area contributed by atoms with Crippen LogP contribution in [0.15, 0.2) is 0 Å². The Morgan fingerprint density at radius 2 is 1.04 bits per heavy atom. The molecule has 0 heterocycles. The van der Waals surface area contributed by atoms with Crippen LogP contribution in [0.2, 0.25) is 0 Å². The van der Waals surface area contributed by atoms with Crippen molar-refractivity contribution in [2.24, 2.45) is 0 Å². The number of aliphatic hydroxyl groups excluding tert-OH is 1. The number of Topliss-reactive ketones (excluding diaryl/α,β-unsaturated/α-hetero) is 1. The molecule has 0 aromatic rings. The van der Waals surface area contributed by atoms with Crippen molar-refractivity contribution in [1.29, 1.82) is 0 Å². The minimum Gasteiger partial charge on any atom is -0.393 e. The Kier molecular flexibility index (Phi) is 19.7. The highest BCUT2D eigenvalue weighted by molar-refractivity contribution is 5.78. The van der Waals surface area contributed by atoms with Gasteiger partial charge in [-0.2, -0.15) is 0 Å². The summed E-state index contributed by atoms with van der Waals surface area (Å²) in [4.78, 5) is 11.9. The molecule has 1 unspecified atom stereocenters. The van der Waals surface area contributed by atoms with E-state index >= 15 is 0 Å². The van der Waals surface area contributed by atoms with E-state index in [1.165, 1.54) is 70.6 Å². The number of ketones is 1. The summed E-state index contributed by atoms with van der Waals surface area (Å²) < 4.78 is 0. The predicted molar refractivity (Wildman–Crippen MR) is 110 cm³/mol. The summed E-state index contributed by atoms with van der Waals surface area (Å²) in [7, 11) is 0. The van der Waals surface area contributed by atoms with Gasteiger partial charge in [0.05, 0.1) is 6.10 Å². The van der Waals surface area contributed by atoms with Gasteiger partial charge in [0.15, 0.2) is 0 Å². The normalized spacial score (nSPS) is 12.4. The SMILES string of the molecule is CCCCCCCCCCCC(=O)CCCCCCCC(O)CCC. The Bertz CT molecular complexity index is 275. The third kappa shape index (κ3) is 19.8. The monoisotopic (exact) mass is 354 g/mol. The van der Waals surface area contributed by atoms with Gasteiger partial charge in [-0.25, -0.2) is 0 Å². The summed E-state index contributed by atoms with van der Waals surface area (Å²) in [5.41, 5.74) is 0. The zero-order valence-corrected chi connectivity index (χ0v) is 17.4. The standard InChI is InChI=1S/C23H46O2/c1-3-5-6-7-8-9-10-12-16-20-23(25)21-17-14-11-13-15-19-22(24)18-4-2/h22,24H,3-21H2,1-2H3. The van der Waals surface area contributed by atoms with Gasteiger partial charge in [-0.3, -0.25) is 4.79 Å². The van der Waals surface area contributed by atoms with E-state index in [9.17, 15) is 9.90 Å². The maximum atomic E-state index is 11.9. The van der Waals surface area contributed by atoms with Crippen LogP contribution < -0.4 is 0 Å². The van der Waals surface area contributed by atoms with Gasteiger partial charge in [-0.15, -0.1) is 0 Å². The molecule has 0 aliphatic heterocycles. The fraction of sp³-hybridized carbons (Fsp3) is 0.957. The van der Waals surface area contributed by atoms with Crippen LogP contribution in [0, 0.1) is 0 Å². The molecule has 0 saturated heterocycles. The average molecular weight is 355 g/mol. The first-order valence-electron chi connectivity index (χ1n) is 11.4. The molecule has 150 valence electrons. The first-order chi connectivity index (χ1) is 12.2. The molecule has 0 bridgehead atoms. The summed E-state index contributed by atoms with van der Waals surface area (Å²) in [5.74, 6) is 0.473. The van der Waals surface area contributed by atoms with E-state index in [-0.39, 0.29) is 6.10 Å². The average Bonchev–Trinajstić information content (AvgIpc) is 2.59. The zero-order valence-electron chi connectivity index (χ0n) is 17.4. The summed E-state index contributed by atoms with van der Waals surface area (Å²) in [6, 6.07) is 0. The van der Waals surface area contributed by atoms with Crippen molar-refractivity contribution in [2.45, 2.75) is 142 Å². The lowest BCUT2D eigenvalue weighted by Gasteiger charge is -2.08. The Labute approximate surface area is 158 Å². The molecule has 1 atom stereocenters. The van der Waals surface area contributed by atoms with E-state index in [1.54, 1.807) is 0 Å². The van der Waals surface area contributed by atoms with Gasteiger partial charge in [0, 0.05) is 12.8 Å². The molecular weight excluding hydrogens is 308 g/mol. The molecule has 0 saturated carbocycles. The topological polar surface area (TPSA) is 37.3 Å². The molecule has 0 aliphatic carbocycles. The molecule has 2 nitrogen and oxygen atoms in total. The smallest absolute Gasteiger partial charge is 0.132 e. The highest BCUT2D eigenvalue weighted by Gasteiger charge is 2.03. The van der Waals surface area contributed by atoms with Gasteiger partial charge >= 0.3 is 0 Å². The number of rotatable bonds is 20. The number of carbonyl (C=O) groups excluding carboxylic acids is 1. The second-order valence-corrected chi connectivity index (χ2v) is 7.87. The third-order valence-electron chi connectivity index (χ3n) is 5.17. The number of hydrogen-bond acceptors (Lipinski definition) is 2. The van der Waals surface area contributed by atoms with Crippen molar-refractivity contribution >= 4 is 5.78 Å². The minimum atomic E-state index is -0.0945. The lowest BCUT2D eigenvalue weighted by Crippen LogP contribution is -2.04. The van der Waals surface area contributed by atoms with Crippen molar-refractivity contribution in [2.75, 3.05) is 0 Å². The molecule has 25 heavy (non-hydrogen) atoms. The van der Waals surface area contributed by atoms with Crippen LogP contribution in [0.1, 0.15) is 136 Å². The Morgan fingerprint density at radius 3 is 1.52 bits per heavy atom. The lowest BCUT2D eigenvalue weighted by atomic mass is 10.0. The summed E-state index contributed by atoms with van der Waals surface area (Å²) >= 11 is 0. The van der Waals surface area contributed by atoms with Crippen molar-refractivity contribution in [3.63, 3.8) is 0 Å². The Balaban J connectivity index is 3.21. The first-order valence-corrected chi connectivity index (χ1v) is 11.4. The summed E-state index contributed by atoms with van der Waals surface area (Å²) in [6.45, 7) is 4.38. The highest BCUT2D eigenvalue weighted by Crippen LogP contribution is 2.13. The molecule has 0 radical (unpaired) electrons. The van der Waals surface area contributed by atoms with Crippen LogP contribution in [0.4, 0.5) is 0 Å². The summed E-state index contributed by atoms with van der Waals surface area (Å²) in [5, 5.41) is 9.66. The largest absolute Gasteiger partial charge is 0.393 e. The lowest BCUT2D eigenvalue weighted by molar-refractivity contribution is -0.119. The van der Waals surface area contributed by atoms with Gasteiger partial charge in [-0.05, 0) is 25.7 Å². The van der Waals surface area contributed by atoms with Crippen molar-refractivity contribution in [1.82, 2.24) is 0 Å². The second kappa shape index (κ2) is 19.9. The molecule has 0 rings (SSSR count). The van der Waals surface area contributed by atoms with E-state index in [4.69, 9.17) is 0 Å². The van der Waals surface area contributed by atoms with Gasteiger partial charge in [-0.1, -0.05) is 97.3 Å². The molecule has 0 aliphatic rings. The second-order valence-electron chi connectivity index (χ2n) is 7.87. The first kappa shape index (κ1) is 24.6. The molecule has 0 fully saturated rings. The number of aliphatic hydroxyl groups is 1. The zero-order chi connectivity index (χ0) is 18.6. The quantitative estimate of drug-likeness (QED) is 0.232. The van der Waals surface area contributed by atoms with Crippen LogP contribution in [0.3, 0.4) is 0 Å². The molecular formula is C23H46O2. The molecule has 0 amide bonds. The maximum absolute atomic E-state index is 11.9. The Morgan fingerprint density at radius 1 is 0.600 bits per heavy atom. The minimum absolute atomic E-state index is 0.0945. The van der Waals surface area contributed by atoms with Crippen LogP contribution in [-0.2, 0) is 4.79 Å². The third-order valence-corrected chi connectivity index (χ3v) is 5.17. The predicted octanol–water partition coefficient (Wildman–Crippen LogP) is 7.37. The van der Waals surface area contributed by atoms with E-state index in [0.29, 0.717) is 5.78 Å². The molecule has 0 aromatic heterocycles. The number of hydrogen-bond donors (Lipinski definition) is 1. The fourth-order valence-corrected chi connectivity index (χ4v) is 3.47. The molecule has 2 heteroatoms. The van der Waals surface area contributed by atoms with Crippen molar-refractivity contribution in [3.8, 4) is 0 Å². The summed E-state index contributed by atoms with van der Waals surface area (Å²) in [6.07, 6.45) is 22.1. The molecule has 0 aromatic carbocycles. The van der Waals surface area contributed by atoms with Gasteiger partial charge < -0.3 is 5.11 Å². The van der Waals surface area contributed by atoms with E-state index in [2.05, 4.69) is 13.8 Å². The van der Waals surface area contributed by atoms with Crippen LogP contribution >= 0.6 is 0 Å². The van der Waals surface area contributed by atoms with E-state index in [0.717, 1.165) is 51.4 Å². The molecule has 0 spiro atoms. The fourth-order valence-electron chi connectivity index (χ4n) is 3.47. The van der Waals surface area contributed by atoms with Gasteiger partial charge in [0.2, 0.25) is 0 Å². The van der Waals surface area contributed by atoms with Crippen LogP contribution in [0.25, 0.3) is 0 Å². The van der Waals surface area contributed by atoms with Crippen LogP contribution in [0.5, 0.6) is 0 Å². The van der Waals surface area contributed by atoms with Crippen molar-refractivity contribution in [3.05, 3.63) is 0 Å². The number of unbranched alkanes of at least 4 members (excludes halogenated alkanes) is 12. The van der Waals surface area contributed by atoms with Crippen LogP contribution in [-0.4, -0.2) is 17.0 Å². The van der Waals surface area contributed by atoms with E-state index in [1.807, 2.05) is 0 Å². The highest BCUT2D eigenvalue weighted by atomic mass is 16.3. The van der Waals surface area contributed by atoms with E-state index < -0.39 is 0 Å². The van der Waals surface area contributed by atoms with Crippen molar-refractivity contribution < 1.29 is 9.90 Å². The van der Waals surface area contributed by atoms with Gasteiger partial charge in [0.25, 0.3) is 0 Å². The molecule has 1 N–H and O–H groups in total.